The van der Waals surface area contributed by atoms with Crippen LogP contribution in [0.2, 0.25) is 0 Å². The average molecular weight is 362 g/mol. The molecular weight excluding hydrogens is 336 g/mol. The SMILES string of the molecule is CCCNC(=O)CN(C)CCC(=O)Nc1sc2c(c1C#N)CCCC2. The highest BCUT2D eigenvalue weighted by atomic mass is 32.1. The number of rotatable bonds is 8. The number of likely N-dealkylation sites (N-methyl/N-ethyl adjacent to an activating group) is 1. The van der Waals surface area contributed by atoms with Crippen molar-refractivity contribution in [2.24, 2.45) is 0 Å². The number of hydrogen-bond acceptors (Lipinski definition) is 5. The third-order valence-corrected chi connectivity index (χ3v) is 5.45. The maximum atomic E-state index is 12.2. The van der Waals surface area contributed by atoms with Gasteiger partial charge in [0.2, 0.25) is 11.8 Å². The van der Waals surface area contributed by atoms with Gasteiger partial charge in [-0.25, -0.2) is 0 Å². The monoisotopic (exact) mass is 362 g/mol. The fourth-order valence-corrected chi connectivity index (χ4v) is 4.15. The summed E-state index contributed by atoms with van der Waals surface area (Å²) < 4.78 is 0. The number of hydrogen-bond donors (Lipinski definition) is 2. The summed E-state index contributed by atoms with van der Waals surface area (Å²) in [5.41, 5.74) is 1.76. The van der Waals surface area contributed by atoms with Crippen molar-refractivity contribution in [1.82, 2.24) is 10.2 Å². The van der Waals surface area contributed by atoms with Crippen LogP contribution in [0.15, 0.2) is 0 Å². The Kier molecular flexibility index (Phi) is 7.41. The molecule has 1 aromatic rings. The third-order valence-electron chi connectivity index (χ3n) is 4.24. The fraction of sp³-hybridized carbons (Fsp3) is 0.611. The molecule has 0 saturated carbocycles. The molecule has 25 heavy (non-hydrogen) atoms. The number of carbonyl (C=O) groups is 2. The van der Waals surface area contributed by atoms with E-state index in [9.17, 15) is 14.9 Å². The molecule has 2 N–H and O–H groups in total. The van der Waals surface area contributed by atoms with E-state index in [4.69, 9.17) is 0 Å². The first-order valence-electron chi connectivity index (χ1n) is 8.84. The molecule has 0 spiro atoms. The van der Waals surface area contributed by atoms with Gasteiger partial charge in [0.05, 0.1) is 12.1 Å². The van der Waals surface area contributed by atoms with Crippen LogP contribution in [0.25, 0.3) is 0 Å². The Morgan fingerprint density at radius 1 is 1.28 bits per heavy atom. The lowest BCUT2D eigenvalue weighted by molar-refractivity contribution is -0.122. The van der Waals surface area contributed by atoms with Crippen molar-refractivity contribution < 1.29 is 9.59 Å². The Bertz CT molecular complexity index is 663. The van der Waals surface area contributed by atoms with Gasteiger partial charge in [0.25, 0.3) is 0 Å². The molecule has 1 aliphatic carbocycles. The molecule has 1 aromatic heterocycles. The molecule has 0 aromatic carbocycles. The molecule has 0 atom stereocenters. The van der Waals surface area contributed by atoms with E-state index in [0.717, 1.165) is 37.7 Å². The van der Waals surface area contributed by atoms with E-state index in [-0.39, 0.29) is 18.4 Å². The minimum absolute atomic E-state index is 0.0255. The highest BCUT2D eigenvalue weighted by Crippen LogP contribution is 2.37. The van der Waals surface area contributed by atoms with Crippen LogP contribution in [-0.4, -0.2) is 43.4 Å². The van der Waals surface area contributed by atoms with Crippen LogP contribution in [0.1, 0.15) is 48.6 Å². The normalized spacial score (nSPS) is 13.2. The van der Waals surface area contributed by atoms with E-state index in [1.54, 1.807) is 0 Å². The van der Waals surface area contributed by atoms with E-state index >= 15 is 0 Å². The highest BCUT2D eigenvalue weighted by Gasteiger charge is 2.21. The van der Waals surface area contributed by atoms with Crippen molar-refractivity contribution in [1.29, 1.82) is 5.26 Å². The summed E-state index contributed by atoms with van der Waals surface area (Å²) in [4.78, 5) is 26.9. The summed E-state index contributed by atoms with van der Waals surface area (Å²) in [5, 5.41) is 15.8. The Hall–Kier alpha value is -1.91. The maximum Gasteiger partial charge on any atom is 0.234 e. The first-order chi connectivity index (χ1) is 12.0. The number of fused-ring (bicyclic) bond motifs is 1. The van der Waals surface area contributed by atoms with Crippen molar-refractivity contribution in [2.75, 3.05) is 32.0 Å². The molecule has 0 bridgehead atoms. The van der Waals surface area contributed by atoms with Crippen LogP contribution >= 0.6 is 11.3 Å². The first-order valence-corrected chi connectivity index (χ1v) is 9.66. The van der Waals surface area contributed by atoms with Gasteiger partial charge < -0.3 is 10.6 Å². The molecular formula is C18H26N4O2S. The van der Waals surface area contributed by atoms with Gasteiger partial charge in [0.15, 0.2) is 0 Å². The zero-order valence-electron chi connectivity index (χ0n) is 15.0. The second-order valence-corrected chi connectivity index (χ2v) is 7.52. The van der Waals surface area contributed by atoms with E-state index in [2.05, 4.69) is 16.7 Å². The van der Waals surface area contributed by atoms with Gasteiger partial charge in [-0.1, -0.05) is 6.92 Å². The number of carbonyl (C=O) groups excluding carboxylic acids is 2. The standard InChI is InChI=1S/C18H26N4O2S/c1-3-9-20-17(24)12-22(2)10-8-16(23)21-18-14(11-19)13-6-4-5-7-15(13)25-18/h3-10,12H2,1-2H3,(H,20,24)(H,21,23). The van der Waals surface area contributed by atoms with Crippen LogP contribution in [0, 0.1) is 11.3 Å². The second-order valence-electron chi connectivity index (χ2n) is 6.41. The molecule has 2 amide bonds. The number of nitriles is 1. The molecule has 6 nitrogen and oxygen atoms in total. The lowest BCUT2D eigenvalue weighted by Gasteiger charge is -2.15. The molecule has 0 aliphatic heterocycles. The Morgan fingerprint density at radius 2 is 2.04 bits per heavy atom. The molecule has 2 rings (SSSR count). The molecule has 1 heterocycles. The maximum absolute atomic E-state index is 12.2. The summed E-state index contributed by atoms with van der Waals surface area (Å²) in [7, 11) is 1.82. The number of nitrogens with one attached hydrogen (secondary N) is 2. The van der Waals surface area contributed by atoms with Crippen LogP contribution in [-0.2, 0) is 22.4 Å². The summed E-state index contributed by atoms with van der Waals surface area (Å²) >= 11 is 1.54. The third kappa shape index (κ3) is 5.55. The lowest BCUT2D eigenvalue weighted by atomic mass is 9.96. The predicted molar refractivity (Wildman–Crippen MR) is 99.7 cm³/mol. The molecule has 0 saturated heterocycles. The van der Waals surface area contributed by atoms with Gasteiger partial charge in [-0.15, -0.1) is 11.3 Å². The molecule has 1 aliphatic rings. The second kappa shape index (κ2) is 9.54. The van der Waals surface area contributed by atoms with Gasteiger partial charge in [-0.2, -0.15) is 5.26 Å². The average Bonchev–Trinajstić information content (AvgIpc) is 2.95. The van der Waals surface area contributed by atoms with E-state index in [1.807, 2.05) is 18.9 Å². The zero-order valence-corrected chi connectivity index (χ0v) is 15.8. The highest BCUT2D eigenvalue weighted by molar-refractivity contribution is 7.16. The lowest BCUT2D eigenvalue weighted by Crippen LogP contribution is -2.36. The molecule has 0 radical (unpaired) electrons. The fourth-order valence-electron chi connectivity index (χ4n) is 2.90. The van der Waals surface area contributed by atoms with Crippen molar-refractivity contribution in [2.45, 2.75) is 45.4 Å². The Morgan fingerprint density at radius 3 is 2.76 bits per heavy atom. The van der Waals surface area contributed by atoms with Crippen molar-refractivity contribution >= 4 is 28.2 Å². The topological polar surface area (TPSA) is 85.2 Å². The van der Waals surface area contributed by atoms with E-state index in [1.165, 1.54) is 16.2 Å². The van der Waals surface area contributed by atoms with Gasteiger partial charge in [-0.3, -0.25) is 14.5 Å². The molecule has 136 valence electrons. The van der Waals surface area contributed by atoms with Gasteiger partial charge in [0.1, 0.15) is 11.1 Å². The number of anilines is 1. The van der Waals surface area contributed by atoms with Gasteiger partial charge in [-0.05, 0) is 44.7 Å². The Balaban J connectivity index is 1.84. The summed E-state index contributed by atoms with van der Waals surface area (Å²) in [6.45, 7) is 3.46. The number of aryl methyl sites for hydroxylation is 1. The largest absolute Gasteiger partial charge is 0.355 e. The molecule has 0 unspecified atom stereocenters. The van der Waals surface area contributed by atoms with Crippen LogP contribution in [0.3, 0.4) is 0 Å². The van der Waals surface area contributed by atoms with E-state index < -0.39 is 0 Å². The number of amides is 2. The van der Waals surface area contributed by atoms with Crippen molar-refractivity contribution in [3.05, 3.63) is 16.0 Å². The number of nitrogens with zero attached hydrogens (tertiary/aromatic N) is 2. The van der Waals surface area contributed by atoms with Crippen molar-refractivity contribution in [3.63, 3.8) is 0 Å². The molecule has 0 fully saturated rings. The smallest absolute Gasteiger partial charge is 0.234 e. The summed E-state index contributed by atoms with van der Waals surface area (Å²) in [6.07, 6.45) is 5.39. The minimum Gasteiger partial charge on any atom is -0.355 e. The van der Waals surface area contributed by atoms with Crippen LogP contribution < -0.4 is 10.6 Å². The summed E-state index contributed by atoms with van der Waals surface area (Å²) in [5.74, 6) is -0.140. The number of thiophene rings is 1. The van der Waals surface area contributed by atoms with Gasteiger partial charge in [0, 0.05) is 24.4 Å². The molecule has 7 heteroatoms. The van der Waals surface area contributed by atoms with Crippen LogP contribution in [0.5, 0.6) is 0 Å². The Labute approximate surface area is 153 Å². The van der Waals surface area contributed by atoms with Gasteiger partial charge >= 0.3 is 0 Å². The van der Waals surface area contributed by atoms with E-state index in [0.29, 0.717) is 30.1 Å². The minimum atomic E-state index is -0.115. The summed E-state index contributed by atoms with van der Waals surface area (Å²) in [6, 6.07) is 2.25. The van der Waals surface area contributed by atoms with Crippen molar-refractivity contribution in [3.8, 4) is 6.07 Å². The first kappa shape index (κ1) is 19.4. The predicted octanol–water partition coefficient (Wildman–Crippen LogP) is 2.29. The zero-order chi connectivity index (χ0) is 18.2. The van der Waals surface area contributed by atoms with Crippen LogP contribution in [0.4, 0.5) is 5.00 Å². The quantitative estimate of drug-likeness (QED) is 0.743.